The molecule has 0 atom stereocenters. The lowest BCUT2D eigenvalue weighted by atomic mass is 10.3. The van der Waals surface area contributed by atoms with E-state index in [0.717, 1.165) is 6.42 Å². The Morgan fingerprint density at radius 3 is 2.75 bits per heavy atom. The van der Waals surface area contributed by atoms with E-state index in [-0.39, 0.29) is 11.6 Å². The van der Waals surface area contributed by atoms with Gasteiger partial charge in [-0.05, 0) is 37.6 Å². The number of carbonyl (C=O) groups is 1. The van der Waals surface area contributed by atoms with Gasteiger partial charge >= 0.3 is 0 Å². The molecule has 128 valence electrons. The van der Waals surface area contributed by atoms with Gasteiger partial charge in [-0.3, -0.25) is 4.79 Å². The number of anilines is 2. The molecule has 0 saturated carbocycles. The maximum absolute atomic E-state index is 12.2. The highest BCUT2D eigenvalue weighted by molar-refractivity contribution is 6.36. The average Bonchev–Trinajstić information content (AvgIpc) is 2.53. The van der Waals surface area contributed by atoms with Crippen molar-refractivity contribution in [3.8, 4) is 0 Å². The Bertz CT molecular complexity index is 725. The summed E-state index contributed by atoms with van der Waals surface area (Å²) in [4.78, 5) is 20.7. The first kappa shape index (κ1) is 18.4. The van der Waals surface area contributed by atoms with E-state index in [1.807, 2.05) is 0 Å². The number of hydrogen-bond donors (Lipinski definition) is 2. The highest BCUT2D eigenvalue weighted by Gasteiger charge is 2.11. The molecule has 1 aromatic carbocycles. The van der Waals surface area contributed by atoms with Crippen LogP contribution in [0.25, 0.3) is 0 Å². The number of rotatable bonds is 7. The summed E-state index contributed by atoms with van der Waals surface area (Å²) in [6, 6.07) is 6.67. The second kappa shape index (κ2) is 8.82. The molecule has 0 radical (unpaired) electrons. The number of aryl methyl sites for hydroxylation is 1. The van der Waals surface area contributed by atoms with Crippen molar-refractivity contribution in [1.82, 2.24) is 15.3 Å². The van der Waals surface area contributed by atoms with Crippen LogP contribution in [0.5, 0.6) is 0 Å². The molecule has 0 aliphatic heterocycles. The van der Waals surface area contributed by atoms with Crippen LogP contribution in [-0.2, 0) is 4.74 Å². The zero-order chi connectivity index (χ0) is 17.5. The molecule has 2 N–H and O–H groups in total. The fourth-order valence-electron chi connectivity index (χ4n) is 1.96. The third-order valence-electron chi connectivity index (χ3n) is 3.08. The normalized spacial score (nSPS) is 10.5. The van der Waals surface area contributed by atoms with Gasteiger partial charge in [-0.2, -0.15) is 0 Å². The van der Waals surface area contributed by atoms with Crippen LogP contribution >= 0.6 is 23.2 Å². The largest absolute Gasteiger partial charge is 0.385 e. The van der Waals surface area contributed by atoms with E-state index in [2.05, 4.69) is 20.6 Å². The third kappa shape index (κ3) is 5.33. The van der Waals surface area contributed by atoms with Crippen molar-refractivity contribution >= 4 is 40.7 Å². The molecule has 8 heteroatoms. The predicted octanol–water partition coefficient (Wildman–Crippen LogP) is 3.60. The topological polar surface area (TPSA) is 76.1 Å². The Morgan fingerprint density at radius 2 is 2.04 bits per heavy atom. The number of nitrogens with zero attached hydrogens (tertiary/aromatic N) is 2. The van der Waals surface area contributed by atoms with E-state index in [4.69, 9.17) is 27.9 Å². The van der Waals surface area contributed by atoms with E-state index in [1.165, 1.54) is 0 Å². The first-order chi connectivity index (χ1) is 11.5. The van der Waals surface area contributed by atoms with Crippen LogP contribution in [0, 0.1) is 6.92 Å². The maximum Gasteiger partial charge on any atom is 0.270 e. The molecule has 0 saturated heterocycles. The van der Waals surface area contributed by atoms with Crippen LogP contribution in [0.2, 0.25) is 10.0 Å². The third-order valence-corrected chi connectivity index (χ3v) is 3.62. The number of amides is 1. The molecule has 0 aliphatic rings. The minimum Gasteiger partial charge on any atom is -0.385 e. The van der Waals surface area contributed by atoms with Crippen LogP contribution in [0.15, 0.2) is 24.3 Å². The summed E-state index contributed by atoms with van der Waals surface area (Å²) in [7, 11) is 1.62. The molecule has 1 heterocycles. The molecule has 1 aromatic heterocycles. The summed E-state index contributed by atoms with van der Waals surface area (Å²) >= 11 is 12.0. The van der Waals surface area contributed by atoms with E-state index in [1.54, 1.807) is 38.3 Å². The second-order valence-electron chi connectivity index (χ2n) is 5.07. The number of ether oxygens (including phenoxy) is 1. The number of carbonyl (C=O) groups excluding carboxylic acids is 1. The van der Waals surface area contributed by atoms with Gasteiger partial charge in [-0.25, -0.2) is 9.97 Å². The highest BCUT2D eigenvalue weighted by Crippen LogP contribution is 2.27. The number of benzene rings is 1. The van der Waals surface area contributed by atoms with Gasteiger partial charge < -0.3 is 15.4 Å². The summed E-state index contributed by atoms with van der Waals surface area (Å²) < 4.78 is 4.94. The second-order valence-corrected chi connectivity index (χ2v) is 5.91. The van der Waals surface area contributed by atoms with Crippen LogP contribution < -0.4 is 10.6 Å². The lowest BCUT2D eigenvalue weighted by molar-refractivity contribution is 0.0943. The minimum absolute atomic E-state index is 0.262. The zero-order valence-corrected chi connectivity index (χ0v) is 14.9. The van der Waals surface area contributed by atoms with Crippen molar-refractivity contribution in [3.63, 3.8) is 0 Å². The van der Waals surface area contributed by atoms with Gasteiger partial charge in [0.1, 0.15) is 5.69 Å². The summed E-state index contributed by atoms with van der Waals surface area (Å²) in [5.41, 5.74) is 1.56. The fraction of sp³-hybridized carbons (Fsp3) is 0.312. The number of hydrogen-bond acceptors (Lipinski definition) is 5. The lowest BCUT2D eigenvalue weighted by Gasteiger charge is -2.10. The van der Waals surface area contributed by atoms with Gasteiger partial charge in [0, 0.05) is 31.0 Å². The van der Waals surface area contributed by atoms with Crippen LogP contribution in [-0.4, -0.2) is 36.1 Å². The van der Waals surface area contributed by atoms with Gasteiger partial charge in [0.2, 0.25) is 5.95 Å². The number of methoxy groups -OCH3 is 1. The van der Waals surface area contributed by atoms with Crippen molar-refractivity contribution in [2.75, 3.05) is 25.6 Å². The van der Waals surface area contributed by atoms with Gasteiger partial charge in [0.05, 0.1) is 10.7 Å². The maximum atomic E-state index is 12.2. The predicted molar refractivity (Wildman–Crippen MR) is 95.3 cm³/mol. The molecule has 0 unspecified atom stereocenters. The molecule has 0 fully saturated rings. The van der Waals surface area contributed by atoms with Crippen molar-refractivity contribution in [2.45, 2.75) is 13.3 Å². The molecular formula is C16H18Cl2N4O2. The van der Waals surface area contributed by atoms with Gasteiger partial charge in [-0.15, -0.1) is 0 Å². The molecule has 0 bridgehead atoms. The standard InChI is InChI=1S/C16H18Cl2N4O2/c1-10-8-14(15(23)19-6-3-7-24-2)22-16(20-10)21-13-5-4-11(17)9-12(13)18/h4-5,8-9H,3,6-7H2,1-2H3,(H,19,23)(H,20,21,22). The number of nitrogens with one attached hydrogen (secondary N) is 2. The molecule has 24 heavy (non-hydrogen) atoms. The van der Waals surface area contributed by atoms with E-state index < -0.39 is 0 Å². The highest BCUT2D eigenvalue weighted by atomic mass is 35.5. The molecule has 2 aromatic rings. The monoisotopic (exact) mass is 368 g/mol. The Morgan fingerprint density at radius 1 is 1.25 bits per heavy atom. The van der Waals surface area contributed by atoms with E-state index >= 15 is 0 Å². The van der Waals surface area contributed by atoms with E-state index in [0.29, 0.717) is 40.5 Å². The molecule has 2 rings (SSSR count). The molecule has 0 spiro atoms. The molecular weight excluding hydrogens is 351 g/mol. The first-order valence-corrected chi connectivity index (χ1v) is 8.10. The van der Waals surface area contributed by atoms with Crippen LogP contribution in [0.3, 0.4) is 0 Å². The summed E-state index contributed by atoms with van der Waals surface area (Å²) in [6.45, 7) is 2.89. The lowest BCUT2D eigenvalue weighted by Crippen LogP contribution is -2.26. The van der Waals surface area contributed by atoms with Crippen molar-refractivity contribution in [1.29, 1.82) is 0 Å². The quantitative estimate of drug-likeness (QED) is 0.730. The first-order valence-electron chi connectivity index (χ1n) is 7.34. The smallest absolute Gasteiger partial charge is 0.270 e. The summed E-state index contributed by atoms with van der Waals surface area (Å²) in [5, 5.41) is 6.77. The minimum atomic E-state index is -0.262. The van der Waals surface area contributed by atoms with Gasteiger partial charge in [0.25, 0.3) is 5.91 Å². The van der Waals surface area contributed by atoms with Crippen molar-refractivity contribution < 1.29 is 9.53 Å². The molecule has 0 aliphatic carbocycles. The molecule has 1 amide bonds. The van der Waals surface area contributed by atoms with Gasteiger partial charge in [-0.1, -0.05) is 23.2 Å². The van der Waals surface area contributed by atoms with E-state index in [9.17, 15) is 4.79 Å². The van der Waals surface area contributed by atoms with Crippen molar-refractivity contribution in [2.24, 2.45) is 0 Å². The Hall–Kier alpha value is -1.89. The summed E-state index contributed by atoms with van der Waals surface area (Å²) in [6.07, 6.45) is 0.734. The van der Waals surface area contributed by atoms with Gasteiger partial charge in [0.15, 0.2) is 0 Å². The number of aromatic nitrogens is 2. The van der Waals surface area contributed by atoms with Crippen LogP contribution in [0.1, 0.15) is 22.6 Å². The SMILES string of the molecule is COCCCNC(=O)c1cc(C)nc(Nc2ccc(Cl)cc2Cl)n1. The summed E-state index contributed by atoms with van der Waals surface area (Å²) in [5.74, 6) is 0.0307. The Balaban J connectivity index is 2.11. The average molecular weight is 369 g/mol. The Kier molecular flexibility index (Phi) is 6.78. The zero-order valence-electron chi connectivity index (χ0n) is 13.4. The Labute approximate surface area is 150 Å². The molecule has 6 nitrogen and oxygen atoms in total. The fourth-order valence-corrected chi connectivity index (χ4v) is 2.42. The van der Waals surface area contributed by atoms with Crippen LogP contribution in [0.4, 0.5) is 11.6 Å². The number of halogens is 2. The van der Waals surface area contributed by atoms with Crippen molar-refractivity contribution in [3.05, 3.63) is 45.7 Å².